The van der Waals surface area contributed by atoms with Gasteiger partial charge in [0.15, 0.2) is 0 Å². The van der Waals surface area contributed by atoms with Gasteiger partial charge in [0.25, 0.3) is 0 Å². The van der Waals surface area contributed by atoms with E-state index in [9.17, 15) is 0 Å². The van der Waals surface area contributed by atoms with Crippen LogP contribution in [0.5, 0.6) is 0 Å². The maximum Gasteiger partial charge on any atom is -0.0352 e. The Labute approximate surface area is 136 Å². The van der Waals surface area contributed by atoms with Gasteiger partial charge in [-0.25, -0.2) is 0 Å². The van der Waals surface area contributed by atoms with Crippen LogP contribution < -0.4 is 0 Å². The summed E-state index contributed by atoms with van der Waals surface area (Å²) in [4.78, 5) is 0. The number of rotatable bonds is 18. The van der Waals surface area contributed by atoms with Crippen molar-refractivity contribution in [3.63, 3.8) is 0 Å². The fourth-order valence-electron chi connectivity index (χ4n) is 3.05. The minimum Gasteiger partial charge on any atom is -0.0654 e. The van der Waals surface area contributed by atoms with Gasteiger partial charge in [0.05, 0.1) is 0 Å². The lowest BCUT2D eigenvalue weighted by Gasteiger charge is -2.03. The van der Waals surface area contributed by atoms with Crippen LogP contribution in [0.15, 0.2) is 0 Å². The topological polar surface area (TPSA) is 0 Å². The van der Waals surface area contributed by atoms with Crippen LogP contribution in [0, 0.1) is 6.92 Å². The Bertz CT molecular complexity index is 143. The van der Waals surface area contributed by atoms with E-state index in [1.165, 1.54) is 116 Å². The standard InChI is InChI=1S/C21H42/c1-3-5-7-9-11-13-15-17-19-21-20-18-16-14-12-10-8-6-4-2/h1H,3-21H2,2H3. The first-order valence-corrected chi connectivity index (χ1v) is 10.1. The van der Waals surface area contributed by atoms with Crippen LogP contribution in [0.25, 0.3) is 0 Å². The van der Waals surface area contributed by atoms with Crippen LogP contribution in [0.3, 0.4) is 0 Å². The second-order valence-electron chi connectivity index (χ2n) is 6.80. The molecule has 0 aliphatic carbocycles. The molecule has 0 spiro atoms. The maximum absolute atomic E-state index is 5.49. The highest BCUT2D eigenvalue weighted by Crippen LogP contribution is 2.14. The molecule has 0 aliphatic heterocycles. The Morgan fingerprint density at radius 2 is 0.619 bits per heavy atom. The van der Waals surface area contributed by atoms with E-state index in [0.717, 1.165) is 6.42 Å². The fraction of sp³-hybridized carbons (Fsp3) is 0.952. The lowest BCUT2D eigenvalue weighted by Crippen LogP contribution is -1.83. The summed E-state index contributed by atoms with van der Waals surface area (Å²) in [6.45, 7) is 7.79. The third-order valence-corrected chi connectivity index (χ3v) is 4.56. The van der Waals surface area contributed by atoms with Crippen molar-refractivity contribution in [1.29, 1.82) is 0 Å². The van der Waals surface area contributed by atoms with E-state index in [1.54, 1.807) is 0 Å². The van der Waals surface area contributed by atoms with E-state index in [4.69, 9.17) is 6.92 Å². The third-order valence-electron chi connectivity index (χ3n) is 4.56. The van der Waals surface area contributed by atoms with E-state index < -0.39 is 0 Å². The zero-order valence-electron chi connectivity index (χ0n) is 15.0. The molecule has 0 bridgehead atoms. The first-order valence-electron chi connectivity index (χ1n) is 10.1. The SMILES string of the molecule is [CH]CCCCCCCCCCCCCCCCCCCC. The number of unbranched alkanes of at least 4 members (excludes halogenated alkanes) is 18. The average molecular weight is 295 g/mol. The van der Waals surface area contributed by atoms with Gasteiger partial charge in [-0.05, 0) is 13.3 Å². The molecule has 0 aliphatic rings. The molecule has 0 rings (SSSR count). The first kappa shape index (κ1) is 21.0. The Hall–Kier alpha value is 0. The quantitative estimate of drug-likeness (QED) is 0.224. The van der Waals surface area contributed by atoms with Crippen molar-refractivity contribution in [2.75, 3.05) is 0 Å². The van der Waals surface area contributed by atoms with Gasteiger partial charge in [-0.3, -0.25) is 0 Å². The molecule has 0 atom stereocenters. The fourth-order valence-corrected chi connectivity index (χ4v) is 3.05. The van der Waals surface area contributed by atoms with E-state index in [-0.39, 0.29) is 0 Å². The van der Waals surface area contributed by atoms with Crippen LogP contribution in [-0.4, -0.2) is 0 Å². The third kappa shape index (κ3) is 20.0. The molecular weight excluding hydrogens is 252 g/mol. The molecule has 0 aromatic carbocycles. The second kappa shape index (κ2) is 20.0. The zero-order valence-corrected chi connectivity index (χ0v) is 15.0. The van der Waals surface area contributed by atoms with Crippen molar-refractivity contribution in [2.24, 2.45) is 0 Å². The largest absolute Gasteiger partial charge is 0.0654 e. The van der Waals surface area contributed by atoms with Crippen molar-refractivity contribution >= 4 is 0 Å². The predicted octanol–water partition coefficient (Wildman–Crippen LogP) is 8.13. The van der Waals surface area contributed by atoms with Gasteiger partial charge >= 0.3 is 0 Å². The van der Waals surface area contributed by atoms with E-state index in [2.05, 4.69) is 6.92 Å². The highest BCUT2D eigenvalue weighted by molar-refractivity contribution is 4.50. The van der Waals surface area contributed by atoms with Crippen molar-refractivity contribution in [3.05, 3.63) is 6.92 Å². The van der Waals surface area contributed by atoms with Gasteiger partial charge in [0, 0.05) is 0 Å². The summed E-state index contributed by atoms with van der Waals surface area (Å²) < 4.78 is 0. The molecule has 0 heteroatoms. The van der Waals surface area contributed by atoms with Gasteiger partial charge in [-0.2, -0.15) is 0 Å². The average Bonchev–Trinajstić information content (AvgIpc) is 2.50. The summed E-state index contributed by atoms with van der Waals surface area (Å²) >= 11 is 0. The molecule has 0 aromatic heterocycles. The van der Waals surface area contributed by atoms with Crippen LogP contribution in [0.1, 0.15) is 129 Å². The van der Waals surface area contributed by atoms with Crippen molar-refractivity contribution in [3.8, 4) is 0 Å². The first-order chi connectivity index (χ1) is 10.4. The lowest BCUT2D eigenvalue weighted by molar-refractivity contribution is 0.525. The lowest BCUT2D eigenvalue weighted by atomic mass is 10.0. The van der Waals surface area contributed by atoms with Crippen molar-refractivity contribution in [1.82, 2.24) is 0 Å². The highest BCUT2D eigenvalue weighted by atomic mass is 14.0. The van der Waals surface area contributed by atoms with E-state index >= 15 is 0 Å². The van der Waals surface area contributed by atoms with Crippen LogP contribution in [0.2, 0.25) is 0 Å². The van der Waals surface area contributed by atoms with E-state index in [1.807, 2.05) is 0 Å². The molecule has 0 N–H and O–H groups in total. The van der Waals surface area contributed by atoms with Gasteiger partial charge in [0.1, 0.15) is 0 Å². The predicted molar refractivity (Wildman–Crippen MR) is 97.7 cm³/mol. The molecule has 0 heterocycles. The molecule has 0 unspecified atom stereocenters. The van der Waals surface area contributed by atoms with Crippen molar-refractivity contribution < 1.29 is 0 Å². The summed E-state index contributed by atoms with van der Waals surface area (Å²) in [5.41, 5.74) is 0. The summed E-state index contributed by atoms with van der Waals surface area (Å²) in [5, 5.41) is 0. The van der Waals surface area contributed by atoms with Crippen LogP contribution in [0.4, 0.5) is 0 Å². The number of hydrogen-bond donors (Lipinski definition) is 0. The molecule has 0 nitrogen and oxygen atoms in total. The molecule has 0 saturated heterocycles. The summed E-state index contributed by atoms with van der Waals surface area (Å²) in [7, 11) is 0. The molecule has 2 radical (unpaired) electrons. The smallest absolute Gasteiger partial charge is 0.0352 e. The number of hydrogen-bond acceptors (Lipinski definition) is 0. The van der Waals surface area contributed by atoms with E-state index in [0.29, 0.717) is 0 Å². The van der Waals surface area contributed by atoms with Crippen molar-refractivity contribution in [2.45, 2.75) is 129 Å². The normalized spacial score (nSPS) is 11.1. The summed E-state index contributed by atoms with van der Waals surface area (Å²) in [6.07, 6.45) is 26.7. The summed E-state index contributed by atoms with van der Waals surface area (Å²) in [5.74, 6) is 0. The van der Waals surface area contributed by atoms with Crippen LogP contribution >= 0.6 is 0 Å². The zero-order chi connectivity index (χ0) is 15.4. The molecule has 126 valence electrons. The van der Waals surface area contributed by atoms with Gasteiger partial charge in [-0.15, -0.1) is 0 Å². The van der Waals surface area contributed by atoms with Gasteiger partial charge < -0.3 is 0 Å². The van der Waals surface area contributed by atoms with Gasteiger partial charge in [0.2, 0.25) is 0 Å². The Balaban J connectivity index is 2.90. The second-order valence-corrected chi connectivity index (χ2v) is 6.80. The molecule has 0 amide bonds. The monoisotopic (exact) mass is 294 g/mol. The Morgan fingerprint density at radius 3 is 0.857 bits per heavy atom. The molecular formula is C21H42. The van der Waals surface area contributed by atoms with Gasteiger partial charge in [-0.1, -0.05) is 122 Å². The highest BCUT2D eigenvalue weighted by Gasteiger charge is 1.94. The maximum atomic E-state index is 5.49. The molecule has 21 heavy (non-hydrogen) atoms. The Kier molecular flexibility index (Phi) is 20.0. The molecule has 0 aromatic rings. The molecule has 0 fully saturated rings. The van der Waals surface area contributed by atoms with Crippen LogP contribution in [-0.2, 0) is 0 Å². The minimum absolute atomic E-state index is 0.874. The molecule has 0 saturated carbocycles. The Morgan fingerprint density at radius 1 is 0.381 bits per heavy atom. The minimum atomic E-state index is 0.874. The summed E-state index contributed by atoms with van der Waals surface area (Å²) in [6, 6.07) is 0.